The molecule has 98 valence electrons. The topological polar surface area (TPSA) is 29.1 Å². The van der Waals surface area contributed by atoms with Gasteiger partial charge in [0.1, 0.15) is 0 Å². The Balaban J connectivity index is 2.08. The summed E-state index contributed by atoms with van der Waals surface area (Å²) in [5, 5.41) is 3.00. The number of nitrogens with one attached hydrogen (secondary N) is 1. The van der Waals surface area contributed by atoms with Crippen LogP contribution in [0, 0.1) is 6.92 Å². The average molecular weight is 318 g/mol. The van der Waals surface area contributed by atoms with E-state index in [0.717, 1.165) is 15.6 Å². The maximum absolute atomic E-state index is 12.1. The Morgan fingerprint density at radius 2 is 1.84 bits per heavy atom. The molecule has 0 aliphatic carbocycles. The van der Waals surface area contributed by atoms with Crippen LogP contribution in [0.2, 0.25) is 0 Å². The minimum Gasteiger partial charge on any atom is -0.346 e. The summed E-state index contributed by atoms with van der Waals surface area (Å²) >= 11 is 3.44. The molecule has 0 radical (unpaired) electrons. The van der Waals surface area contributed by atoms with Crippen LogP contribution in [0.15, 0.2) is 53.0 Å². The third-order valence-electron chi connectivity index (χ3n) is 3.01. The lowest BCUT2D eigenvalue weighted by molar-refractivity contribution is 0.0940. The van der Waals surface area contributed by atoms with E-state index in [2.05, 4.69) is 21.2 Å². The molecule has 1 atom stereocenters. The molecule has 0 saturated carbocycles. The second-order valence-electron chi connectivity index (χ2n) is 4.62. The van der Waals surface area contributed by atoms with Crippen molar-refractivity contribution in [3.05, 3.63) is 69.7 Å². The lowest BCUT2D eigenvalue weighted by atomic mass is 10.1. The van der Waals surface area contributed by atoms with Gasteiger partial charge in [-0.1, -0.05) is 45.8 Å². The number of rotatable bonds is 3. The minimum atomic E-state index is -0.0486. The molecule has 0 unspecified atom stereocenters. The molecule has 0 aliphatic heterocycles. The second kappa shape index (κ2) is 6.02. The summed E-state index contributed by atoms with van der Waals surface area (Å²) in [7, 11) is 0. The summed E-state index contributed by atoms with van der Waals surface area (Å²) in [6.45, 7) is 3.99. The highest BCUT2D eigenvalue weighted by atomic mass is 79.9. The average Bonchev–Trinajstić information content (AvgIpc) is 2.39. The minimum absolute atomic E-state index is 0.0219. The summed E-state index contributed by atoms with van der Waals surface area (Å²) in [6, 6.07) is 15.5. The summed E-state index contributed by atoms with van der Waals surface area (Å²) in [5.41, 5.74) is 2.92. The molecule has 2 nitrogen and oxygen atoms in total. The van der Waals surface area contributed by atoms with Crippen molar-refractivity contribution in [2.75, 3.05) is 0 Å². The number of benzene rings is 2. The van der Waals surface area contributed by atoms with Crippen molar-refractivity contribution in [2.24, 2.45) is 0 Å². The molecule has 0 aliphatic rings. The molecule has 0 aromatic heterocycles. The quantitative estimate of drug-likeness (QED) is 0.901. The van der Waals surface area contributed by atoms with E-state index in [1.807, 2.05) is 62.4 Å². The number of hydrogen-bond acceptors (Lipinski definition) is 1. The van der Waals surface area contributed by atoms with Gasteiger partial charge in [-0.15, -0.1) is 0 Å². The van der Waals surface area contributed by atoms with Gasteiger partial charge in [-0.3, -0.25) is 4.79 Å². The van der Waals surface area contributed by atoms with E-state index in [1.165, 1.54) is 0 Å². The van der Waals surface area contributed by atoms with Crippen molar-refractivity contribution in [3.8, 4) is 0 Å². The van der Waals surface area contributed by atoms with Gasteiger partial charge in [0.15, 0.2) is 0 Å². The predicted molar refractivity (Wildman–Crippen MR) is 81.2 cm³/mol. The molecule has 0 saturated heterocycles. The SMILES string of the molecule is Cc1ccc(C(=O)N[C@@H](C)c2cccc(Br)c2)cc1. The van der Waals surface area contributed by atoms with E-state index >= 15 is 0 Å². The molecule has 0 heterocycles. The van der Waals surface area contributed by atoms with Gasteiger partial charge in [0.25, 0.3) is 5.91 Å². The van der Waals surface area contributed by atoms with E-state index in [-0.39, 0.29) is 11.9 Å². The lowest BCUT2D eigenvalue weighted by Crippen LogP contribution is -2.26. The maximum Gasteiger partial charge on any atom is 0.251 e. The van der Waals surface area contributed by atoms with E-state index in [9.17, 15) is 4.79 Å². The lowest BCUT2D eigenvalue weighted by Gasteiger charge is -2.14. The fourth-order valence-electron chi connectivity index (χ4n) is 1.84. The van der Waals surface area contributed by atoms with E-state index in [0.29, 0.717) is 5.56 Å². The van der Waals surface area contributed by atoms with Gasteiger partial charge in [-0.2, -0.15) is 0 Å². The van der Waals surface area contributed by atoms with E-state index < -0.39 is 0 Å². The Hall–Kier alpha value is -1.61. The number of carbonyl (C=O) groups excluding carboxylic acids is 1. The molecule has 1 N–H and O–H groups in total. The van der Waals surface area contributed by atoms with Crippen molar-refractivity contribution in [3.63, 3.8) is 0 Å². The molecule has 0 fully saturated rings. The van der Waals surface area contributed by atoms with Gasteiger partial charge >= 0.3 is 0 Å². The zero-order valence-electron chi connectivity index (χ0n) is 11.0. The predicted octanol–water partition coefficient (Wildman–Crippen LogP) is 4.25. The highest BCUT2D eigenvalue weighted by Crippen LogP contribution is 2.18. The first-order valence-corrected chi connectivity index (χ1v) is 6.98. The van der Waals surface area contributed by atoms with Crippen LogP contribution in [0.25, 0.3) is 0 Å². The van der Waals surface area contributed by atoms with Gasteiger partial charge in [0, 0.05) is 10.0 Å². The van der Waals surface area contributed by atoms with Crippen LogP contribution in [0.3, 0.4) is 0 Å². The monoisotopic (exact) mass is 317 g/mol. The van der Waals surface area contributed by atoms with Gasteiger partial charge in [0.05, 0.1) is 6.04 Å². The largest absolute Gasteiger partial charge is 0.346 e. The fourth-order valence-corrected chi connectivity index (χ4v) is 2.26. The van der Waals surface area contributed by atoms with Gasteiger partial charge < -0.3 is 5.32 Å². The highest BCUT2D eigenvalue weighted by molar-refractivity contribution is 9.10. The second-order valence-corrected chi connectivity index (χ2v) is 5.53. The summed E-state index contributed by atoms with van der Waals surface area (Å²) < 4.78 is 1.02. The van der Waals surface area contributed by atoms with Crippen molar-refractivity contribution in [1.29, 1.82) is 0 Å². The standard InChI is InChI=1S/C16H16BrNO/c1-11-6-8-13(9-7-11)16(19)18-12(2)14-4-3-5-15(17)10-14/h3-10,12H,1-2H3,(H,18,19)/t12-/m0/s1. The Morgan fingerprint density at radius 1 is 1.16 bits per heavy atom. The van der Waals surface area contributed by atoms with Crippen molar-refractivity contribution < 1.29 is 4.79 Å². The summed E-state index contributed by atoms with van der Waals surface area (Å²) in [4.78, 5) is 12.1. The van der Waals surface area contributed by atoms with Crippen LogP contribution >= 0.6 is 15.9 Å². The molecule has 2 aromatic rings. The molecule has 0 spiro atoms. The number of carbonyl (C=O) groups is 1. The molecule has 0 bridgehead atoms. The Bertz CT molecular complexity index is 578. The van der Waals surface area contributed by atoms with Crippen LogP contribution in [-0.2, 0) is 0 Å². The van der Waals surface area contributed by atoms with Crippen LogP contribution in [0.4, 0.5) is 0 Å². The summed E-state index contributed by atoms with van der Waals surface area (Å²) in [5.74, 6) is -0.0486. The first-order valence-electron chi connectivity index (χ1n) is 6.19. The zero-order valence-corrected chi connectivity index (χ0v) is 12.6. The van der Waals surface area contributed by atoms with Crippen LogP contribution in [0.1, 0.15) is 34.5 Å². The fraction of sp³-hybridized carbons (Fsp3) is 0.188. The summed E-state index contributed by atoms with van der Waals surface area (Å²) in [6.07, 6.45) is 0. The Kier molecular flexibility index (Phi) is 4.38. The molecular weight excluding hydrogens is 302 g/mol. The van der Waals surface area contributed by atoms with Gasteiger partial charge in [-0.25, -0.2) is 0 Å². The number of amides is 1. The molecule has 19 heavy (non-hydrogen) atoms. The van der Waals surface area contributed by atoms with Gasteiger partial charge in [-0.05, 0) is 43.7 Å². The molecule has 3 heteroatoms. The first-order chi connectivity index (χ1) is 9.06. The van der Waals surface area contributed by atoms with Gasteiger partial charge in [0.2, 0.25) is 0 Å². The van der Waals surface area contributed by atoms with Crippen LogP contribution in [0.5, 0.6) is 0 Å². The first kappa shape index (κ1) is 13.8. The van der Waals surface area contributed by atoms with Crippen molar-refractivity contribution in [2.45, 2.75) is 19.9 Å². The molecule has 2 aromatic carbocycles. The highest BCUT2D eigenvalue weighted by Gasteiger charge is 2.11. The third-order valence-corrected chi connectivity index (χ3v) is 3.50. The normalized spacial score (nSPS) is 11.9. The number of hydrogen-bond donors (Lipinski definition) is 1. The Labute approximate surface area is 122 Å². The van der Waals surface area contributed by atoms with Crippen molar-refractivity contribution >= 4 is 21.8 Å². The van der Waals surface area contributed by atoms with Crippen LogP contribution < -0.4 is 5.32 Å². The smallest absolute Gasteiger partial charge is 0.251 e. The molecule has 1 amide bonds. The maximum atomic E-state index is 12.1. The number of aryl methyl sites for hydroxylation is 1. The van der Waals surface area contributed by atoms with E-state index in [4.69, 9.17) is 0 Å². The third kappa shape index (κ3) is 3.67. The van der Waals surface area contributed by atoms with E-state index in [1.54, 1.807) is 0 Å². The van der Waals surface area contributed by atoms with Crippen molar-refractivity contribution in [1.82, 2.24) is 5.32 Å². The number of halogens is 1. The Morgan fingerprint density at radius 3 is 2.47 bits per heavy atom. The zero-order chi connectivity index (χ0) is 13.8. The van der Waals surface area contributed by atoms with Crippen LogP contribution in [-0.4, -0.2) is 5.91 Å². The molecule has 2 rings (SSSR count). The molecular formula is C16H16BrNO.